The predicted molar refractivity (Wildman–Crippen MR) is 125 cm³/mol. The van der Waals surface area contributed by atoms with E-state index in [1.54, 1.807) is 21.1 Å². The fourth-order valence-electron chi connectivity index (χ4n) is 3.86. The van der Waals surface area contributed by atoms with Crippen LogP contribution in [0.3, 0.4) is 0 Å². The molecule has 0 fully saturated rings. The fourth-order valence-corrected chi connectivity index (χ4v) is 3.86. The lowest BCUT2D eigenvalue weighted by Gasteiger charge is -2.40. The molecular weight excluding hydrogens is 434 g/mol. The number of ether oxygens (including phenoxy) is 1. The van der Waals surface area contributed by atoms with E-state index in [1.165, 1.54) is 15.6 Å². The van der Waals surface area contributed by atoms with Crippen LogP contribution in [-0.2, 0) is 24.4 Å². The molecule has 0 saturated heterocycles. The molecule has 1 atom stereocenters. The van der Waals surface area contributed by atoms with E-state index in [0.29, 0.717) is 12.3 Å². The van der Waals surface area contributed by atoms with Gasteiger partial charge >= 0.3 is 0 Å². The second-order valence-electron chi connectivity index (χ2n) is 8.41. The summed E-state index contributed by atoms with van der Waals surface area (Å²) in [5.74, 6) is -0.376. The molecule has 0 bridgehead atoms. The number of benzene rings is 2. The Kier molecular flexibility index (Phi) is 6.36. The first kappa shape index (κ1) is 23.0. The lowest BCUT2D eigenvalue weighted by atomic mass is 9.96. The Morgan fingerprint density at radius 2 is 1.74 bits per heavy atom. The van der Waals surface area contributed by atoms with Crippen molar-refractivity contribution in [2.75, 3.05) is 14.2 Å². The van der Waals surface area contributed by atoms with Crippen LogP contribution in [-0.4, -0.2) is 52.1 Å². The molecular formula is C25H27N5O4. The molecule has 9 nitrogen and oxygen atoms in total. The van der Waals surface area contributed by atoms with Crippen molar-refractivity contribution in [3.63, 3.8) is 0 Å². The maximum Gasteiger partial charge on any atom is 0.272 e. The molecule has 0 aliphatic carbocycles. The smallest absolute Gasteiger partial charge is 0.272 e. The average molecular weight is 462 g/mol. The van der Waals surface area contributed by atoms with Gasteiger partial charge in [0.05, 0.1) is 13.7 Å². The molecule has 1 aliphatic rings. The van der Waals surface area contributed by atoms with Gasteiger partial charge in [0.2, 0.25) is 5.91 Å². The number of aromatic nitrogens is 2. The van der Waals surface area contributed by atoms with E-state index in [4.69, 9.17) is 4.74 Å². The van der Waals surface area contributed by atoms with Gasteiger partial charge in [-0.15, -0.1) is 0 Å². The minimum Gasteiger partial charge on any atom is -0.497 e. The van der Waals surface area contributed by atoms with Crippen molar-refractivity contribution in [2.45, 2.75) is 32.1 Å². The number of amides is 3. The van der Waals surface area contributed by atoms with E-state index >= 15 is 0 Å². The molecule has 1 aromatic heterocycles. The summed E-state index contributed by atoms with van der Waals surface area (Å²) in [5.41, 5.74) is 1.06. The Hall–Kier alpha value is -4.14. The van der Waals surface area contributed by atoms with Crippen LogP contribution in [0.25, 0.3) is 0 Å². The summed E-state index contributed by atoms with van der Waals surface area (Å²) in [6.45, 7) is 2.46. The molecule has 3 amide bonds. The van der Waals surface area contributed by atoms with E-state index in [-0.39, 0.29) is 36.3 Å². The van der Waals surface area contributed by atoms with Crippen LogP contribution < -0.4 is 15.4 Å². The van der Waals surface area contributed by atoms with Crippen molar-refractivity contribution >= 4 is 17.7 Å². The third kappa shape index (κ3) is 4.50. The van der Waals surface area contributed by atoms with Gasteiger partial charge in [-0.1, -0.05) is 42.5 Å². The molecule has 1 aliphatic heterocycles. The quantitative estimate of drug-likeness (QED) is 0.560. The van der Waals surface area contributed by atoms with E-state index < -0.39 is 11.4 Å². The first-order chi connectivity index (χ1) is 16.3. The normalized spacial score (nSPS) is 17.1. The number of hydrogen-bond donors (Lipinski definition) is 2. The second-order valence-corrected chi connectivity index (χ2v) is 8.41. The number of fused-ring (bicyclic) bond motifs is 1. The molecule has 0 spiro atoms. The lowest BCUT2D eigenvalue weighted by Crippen LogP contribution is -2.62. The number of hydrogen-bond acceptors (Lipinski definition) is 5. The summed E-state index contributed by atoms with van der Waals surface area (Å²) in [6.07, 6.45) is 0. The van der Waals surface area contributed by atoms with Gasteiger partial charge < -0.3 is 20.3 Å². The molecule has 0 saturated carbocycles. The van der Waals surface area contributed by atoms with Gasteiger partial charge in [-0.25, -0.2) is 0 Å². The summed E-state index contributed by atoms with van der Waals surface area (Å²) in [7, 11) is 3.17. The van der Waals surface area contributed by atoms with Crippen LogP contribution in [0.5, 0.6) is 5.75 Å². The van der Waals surface area contributed by atoms with Crippen molar-refractivity contribution in [1.82, 2.24) is 25.3 Å². The Morgan fingerprint density at radius 1 is 1.03 bits per heavy atom. The molecule has 176 valence electrons. The van der Waals surface area contributed by atoms with E-state index in [9.17, 15) is 14.4 Å². The number of likely N-dealkylation sites (N-methyl/N-ethyl adjacent to an activating group) is 1. The molecule has 2 heterocycles. The zero-order valence-electron chi connectivity index (χ0n) is 19.4. The van der Waals surface area contributed by atoms with Crippen molar-refractivity contribution in [2.24, 2.45) is 0 Å². The highest BCUT2D eigenvalue weighted by molar-refractivity contribution is 6.01. The van der Waals surface area contributed by atoms with E-state index in [2.05, 4.69) is 15.7 Å². The van der Waals surface area contributed by atoms with Crippen molar-refractivity contribution in [3.8, 4) is 5.75 Å². The second kappa shape index (κ2) is 9.38. The topological polar surface area (TPSA) is 106 Å². The summed E-state index contributed by atoms with van der Waals surface area (Å²) < 4.78 is 6.64. The standard InChI is InChI=1S/C25H27N5O4/c1-25(24(33)27-14-17-8-5-4-6-9-17)16-30-21(23(32)29(25)2)13-20(28-30)22(31)26-15-18-10-7-11-19(12-18)34-3/h4-13H,14-16H2,1-3H3,(H,26,31)(H,27,33)/t25-/m0/s1. The molecule has 3 aromatic rings. The van der Waals surface area contributed by atoms with Crippen molar-refractivity contribution < 1.29 is 19.1 Å². The minimum atomic E-state index is -1.15. The lowest BCUT2D eigenvalue weighted by molar-refractivity contribution is -0.132. The Morgan fingerprint density at radius 3 is 2.47 bits per heavy atom. The van der Waals surface area contributed by atoms with Crippen molar-refractivity contribution in [3.05, 3.63) is 83.2 Å². The van der Waals surface area contributed by atoms with Crippen LogP contribution in [0, 0.1) is 0 Å². The predicted octanol–water partition coefficient (Wildman–Crippen LogP) is 1.98. The maximum atomic E-state index is 13.1. The third-order valence-corrected chi connectivity index (χ3v) is 6.11. The highest BCUT2D eigenvalue weighted by Crippen LogP contribution is 2.26. The van der Waals surface area contributed by atoms with Crippen LogP contribution in [0.1, 0.15) is 39.0 Å². The monoisotopic (exact) mass is 461 g/mol. The van der Waals surface area contributed by atoms with Gasteiger partial charge in [0.15, 0.2) is 5.69 Å². The minimum absolute atomic E-state index is 0.119. The summed E-state index contributed by atoms with van der Waals surface area (Å²) in [6, 6.07) is 18.4. The Labute approximate surface area is 197 Å². The van der Waals surface area contributed by atoms with Gasteiger partial charge in [0.1, 0.15) is 17.0 Å². The number of nitrogens with zero attached hydrogens (tertiary/aromatic N) is 3. The van der Waals surface area contributed by atoms with Crippen LogP contribution in [0.4, 0.5) is 0 Å². The maximum absolute atomic E-state index is 13.1. The van der Waals surface area contributed by atoms with Crippen molar-refractivity contribution in [1.29, 1.82) is 0 Å². The molecule has 0 radical (unpaired) electrons. The van der Waals surface area contributed by atoms with E-state index in [0.717, 1.165) is 11.1 Å². The SMILES string of the molecule is COc1cccc(CNC(=O)c2cc3n(n2)C[C@@](C)(C(=O)NCc2ccccc2)N(C)C3=O)c1. The largest absolute Gasteiger partial charge is 0.497 e. The van der Waals surface area contributed by atoms with Crippen LogP contribution >= 0.6 is 0 Å². The third-order valence-electron chi connectivity index (χ3n) is 6.11. The summed E-state index contributed by atoms with van der Waals surface area (Å²) >= 11 is 0. The van der Waals surface area contributed by atoms with E-state index in [1.807, 2.05) is 54.6 Å². The number of carbonyl (C=O) groups excluding carboxylic acids is 3. The highest BCUT2D eigenvalue weighted by atomic mass is 16.5. The molecule has 2 N–H and O–H groups in total. The summed E-state index contributed by atoms with van der Waals surface area (Å²) in [5, 5.41) is 10.0. The Balaban J connectivity index is 1.46. The van der Waals surface area contributed by atoms with Crippen LogP contribution in [0.2, 0.25) is 0 Å². The van der Waals surface area contributed by atoms with Gasteiger partial charge in [0.25, 0.3) is 11.8 Å². The molecule has 2 aromatic carbocycles. The Bertz CT molecular complexity index is 1220. The zero-order valence-corrected chi connectivity index (χ0v) is 19.4. The van der Waals surface area contributed by atoms with Gasteiger partial charge in [-0.3, -0.25) is 19.1 Å². The van der Waals surface area contributed by atoms with Gasteiger partial charge in [-0.2, -0.15) is 5.10 Å². The molecule has 4 rings (SSSR count). The van der Waals surface area contributed by atoms with Gasteiger partial charge in [0, 0.05) is 26.2 Å². The zero-order chi connectivity index (χ0) is 24.3. The number of methoxy groups -OCH3 is 1. The number of carbonyl (C=O) groups is 3. The molecule has 34 heavy (non-hydrogen) atoms. The fraction of sp³-hybridized carbons (Fsp3) is 0.280. The number of rotatable bonds is 7. The highest BCUT2D eigenvalue weighted by Gasteiger charge is 2.46. The van der Waals surface area contributed by atoms with Gasteiger partial charge in [-0.05, 0) is 30.2 Å². The molecule has 9 heteroatoms. The first-order valence-electron chi connectivity index (χ1n) is 10.9. The van der Waals surface area contributed by atoms with Crippen LogP contribution in [0.15, 0.2) is 60.7 Å². The number of nitrogens with one attached hydrogen (secondary N) is 2. The average Bonchev–Trinajstić information content (AvgIpc) is 3.29. The first-order valence-corrected chi connectivity index (χ1v) is 10.9. The molecule has 0 unspecified atom stereocenters. The summed E-state index contributed by atoms with van der Waals surface area (Å²) in [4.78, 5) is 40.2.